The van der Waals surface area contributed by atoms with E-state index in [2.05, 4.69) is 0 Å². The van der Waals surface area contributed by atoms with Crippen LogP contribution in [0.2, 0.25) is 0 Å². The van der Waals surface area contributed by atoms with Crippen LogP contribution in [0.15, 0.2) is 23.1 Å². The Morgan fingerprint density at radius 1 is 1.37 bits per heavy atom. The highest BCUT2D eigenvalue weighted by atomic mass is 32.2. The maximum Gasteiger partial charge on any atom is 0.243 e. The number of nitrogens with zero attached hydrogens (tertiary/aromatic N) is 1. The number of piperidine rings is 1. The molecule has 6 heteroatoms. The summed E-state index contributed by atoms with van der Waals surface area (Å²) in [6.45, 7) is 2.44. The van der Waals surface area contributed by atoms with Crippen molar-refractivity contribution in [2.24, 2.45) is 5.92 Å². The van der Waals surface area contributed by atoms with Crippen LogP contribution in [-0.2, 0) is 10.0 Å². The second kappa shape index (κ2) is 5.56. The van der Waals surface area contributed by atoms with E-state index in [9.17, 15) is 12.8 Å². The molecule has 106 valence electrons. The zero-order valence-electron chi connectivity index (χ0n) is 10.8. The number of halogens is 1. The Labute approximate surface area is 112 Å². The molecule has 0 radical (unpaired) electrons. The van der Waals surface area contributed by atoms with Crippen molar-refractivity contribution in [1.29, 1.82) is 0 Å². The molecule has 1 aromatic rings. The summed E-state index contributed by atoms with van der Waals surface area (Å²) >= 11 is 0. The Morgan fingerprint density at radius 3 is 2.53 bits per heavy atom. The van der Waals surface area contributed by atoms with Crippen LogP contribution in [0.25, 0.3) is 0 Å². The van der Waals surface area contributed by atoms with Crippen molar-refractivity contribution in [1.82, 2.24) is 4.31 Å². The summed E-state index contributed by atoms with van der Waals surface area (Å²) in [4.78, 5) is -0.00181. The number of sulfonamides is 1. The van der Waals surface area contributed by atoms with Gasteiger partial charge >= 0.3 is 0 Å². The lowest BCUT2D eigenvalue weighted by molar-refractivity contribution is 0.170. The van der Waals surface area contributed by atoms with Gasteiger partial charge in [0.25, 0.3) is 0 Å². The van der Waals surface area contributed by atoms with Gasteiger partial charge in [0.2, 0.25) is 10.0 Å². The first kappa shape index (κ1) is 14.4. The van der Waals surface area contributed by atoms with Crippen molar-refractivity contribution in [2.75, 3.05) is 19.7 Å². The molecule has 19 heavy (non-hydrogen) atoms. The monoisotopic (exact) mass is 287 g/mol. The van der Waals surface area contributed by atoms with Crippen molar-refractivity contribution in [3.63, 3.8) is 0 Å². The maximum absolute atomic E-state index is 13.5. The van der Waals surface area contributed by atoms with Crippen LogP contribution < -0.4 is 0 Å². The molecule has 1 saturated heterocycles. The van der Waals surface area contributed by atoms with Gasteiger partial charge in [0.05, 0.1) is 4.90 Å². The van der Waals surface area contributed by atoms with E-state index in [0.717, 1.165) is 6.07 Å². The van der Waals surface area contributed by atoms with E-state index in [1.807, 2.05) is 0 Å². The van der Waals surface area contributed by atoms with Crippen LogP contribution in [0.3, 0.4) is 0 Å². The van der Waals surface area contributed by atoms with Crippen LogP contribution in [-0.4, -0.2) is 37.5 Å². The first-order valence-corrected chi connectivity index (χ1v) is 7.76. The SMILES string of the molecule is Cc1ccc(S(=O)(=O)N2CCC(CO)CC2)cc1F. The van der Waals surface area contributed by atoms with E-state index in [0.29, 0.717) is 31.5 Å². The smallest absolute Gasteiger partial charge is 0.243 e. The molecule has 0 atom stereocenters. The summed E-state index contributed by atoms with van der Waals surface area (Å²) in [7, 11) is -3.62. The molecule has 2 rings (SSSR count). The van der Waals surface area contributed by atoms with E-state index in [1.165, 1.54) is 16.4 Å². The minimum atomic E-state index is -3.62. The molecule has 1 aromatic carbocycles. The van der Waals surface area contributed by atoms with E-state index in [-0.39, 0.29) is 17.4 Å². The van der Waals surface area contributed by atoms with Gasteiger partial charge in [-0.15, -0.1) is 0 Å². The second-order valence-corrected chi connectivity index (χ2v) is 6.88. The molecule has 1 N–H and O–H groups in total. The fourth-order valence-electron chi connectivity index (χ4n) is 2.22. The molecular formula is C13H18FNO3S. The molecule has 0 amide bonds. The van der Waals surface area contributed by atoms with Gasteiger partial charge in [-0.3, -0.25) is 0 Å². The van der Waals surface area contributed by atoms with Gasteiger partial charge in [-0.1, -0.05) is 6.07 Å². The Kier molecular flexibility index (Phi) is 4.23. The Bertz CT molecular complexity index is 551. The van der Waals surface area contributed by atoms with Crippen molar-refractivity contribution in [2.45, 2.75) is 24.7 Å². The number of hydrogen-bond donors (Lipinski definition) is 1. The summed E-state index contributed by atoms with van der Waals surface area (Å²) in [5, 5.41) is 9.05. The third kappa shape index (κ3) is 2.96. The normalized spacial score (nSPS) is 18.7. The quantitative estimate of drug-likeness (QED) is 0.917. The second-order valence-electron chi connectivity index (χ2n) is 4.94. The van der Waals surface area contributed by atoms with Crippen molar-refractivity contribution >= 4 is 10.0 Å². The van der Waals surface area contributed by atoms with Crippen molar-refractivity contribution < 1.29 is 17.9 Å². The van der Waals surface area contributed by atoms with Gasteiger partial charge in [0.15, 0.2) is 0 Å². The van der Waals surface area contributed by atoms with Gasteiger partial charge < -0.3 is 5.11 Å². The number of benzene rings is 1. The lowest BCUT2D eigenvalue weighted by Crippen LogP contribution is -2.39. The van der Waals surface area contributed by atoms with E-state index >= 15 is 0 Å². The summed E-state index contributed by atoms with van der Waals surface area (Å²) in [6.07, 6.45) is 1.29. The molecule has 4 nitrogen and oxygen atoms in total. The summed E-state index contributed by atoms with van der Waals surface area (Å²) in [5.74, 6) is -0.340. The predicted molar refractivity (Wildman–Crippen MR) is 69.7 cm³/mol. The summed E-state index contributed by atoms with van der Waals surface area (Å²) in [6, 6.07) is 3.98. The van der Waals surface area contributed by atoms with Crippen LogP contribution >= 0.6 is 0 Å². The minimum Gasteiger partial charge on any atom is -0.396 e. The van der Waals surface area contributed by atoms with Crippen LogP contribution in [0.4, 0.5) is 4.39 Å². The largest absolute Gasteiger partial charge is 0.396 e. The lowest BCUT2D eigenvalue weighted by Gasteiger charge is -2.30. The first-order chi connectivity index (χ1) is 8.95. The number of hydrogen-bond acceptors (Lipinski definition) is 3. The average molecular weight is 287 g/mol. The van der Waals surface area contributed by atoms with Crippen LogP contribution in [0, 0.1) is 18.7 Å². The molecule has 0 saturated carbocycles. The highest BCUT2D eigenvalue weighted by molar-refractivity contribution is 7.89. The predicted octanol–water partition coefficient (Wildman–Crippen LogP) is 1.53. The van der Waals surface area contributed by atoms with Gasteiger partial charge in [-0.05, 0) is 43.4 Å². The Balaban J connectivity index is 2.21. The molecular weight excluding hydrogens is 269 g/mol. The molecule has 0 unspecified atom stereocenters. The first-order valence-electron chi connectivity index (χ1n) is 6.32. The van der Waals surface area contributed by atoms with Gasteiger partial charge in [0, 0.05) is 19.7 Å². The van der Waals surface area contributed by atoms with Crippen LogP contribution in [0.1, 0.15) is 18.4 Å². The molecule has 1 heterocycles. The third-order valence-electron chi connectivity index (χ3n) is 3.61. The van der Waals surface area contributed by atoms with Crippen molar-refractivity contribution in [3.8, 4) is 0 Å². The summed E-state index contributed by atoms with van der Waals surface area (Å²) < 4.78 is 39.5. The van der Waals surface area contributed by atoms with Gasteiger partial charge in [-0.2, -0.15) is 4.31 Å². The Hall–Kier alpha value is -0.980. The van der Waals surface area contributed by atoms with Gasteiger partial charge in [-0.25, -0.2) is 12.8 Å². The lowest BCUT2D eigenvalue weighted by atomic mass is 10.00. The maximum atomic E-state index is 13.5. The van der Waals surface area contributed by atoms with E-state index in [1.54, 1.807) is 6.92 Å². The third-order valence-corrected chi connectivity index (χ3v) is 5.51. The fourth-order valence-corrected chi connectivity index (χ4v) is 3.70. The highest BCUT2D eigenvalue weighted by Gasteiger charge is 2.29. The van der Waals surface area contributed by atoms with Crippen LogP contribution in [0.5, 0.6) is 0 Å². The topological polar surface area (TPSA) is 57.6 Å². The number of aliphatic hydroxyl groups is 1. The van der Waals surface area contributed by atoms with Gasteiger partial charge in [0.1, 0.15) is 5.82 Å². The fraction of sp³-hybridized carbons (Fsp3) is 0.538. The molecule has 0 spiro atoms. The van der Waals surface area contributed by atoms with Crippen molar-refractivity contribution in [3.05, 3.63) is 29.6 Å². The molecule has 0 aliphatic carbocycles. The minimum absolute atomic E-state index is 0.00181. The molecule has 0 aromatic heterocycles. The number of aryl methyl sites for hydroxylation is 1. The standard InChI is InChI=1S/C13H18FNO3S/c1-10-2-3-12(8-13(10)14)19(17,18)15-6-4-11(9-16)5-7-15/h2-3,8,11,16H,4-7,9H2,1H3. The van der Waals surface area contributed by atoms with E-state index in [4.69, 9.17) is 5.11 Å². The molecule has 0 bridgehead atoms. The molecule has 1 aliphatic heterocycles. The number of rotatable bonds is 3. The Morgan fingerprint density at radius 2 is 2.00 bits per heavy atom. The molecule has 1 aliphatic rings. The highest BCUT2D eigenvalue weighted by Crippen LogP contribution is 2.24. The zero-order chi connectivity index (χ0) is 14.0. The summed E-state index contributed by atoms with van der Waals surface area (Å²) in [5.41, 5.74) is 0.429. The molecule has 1 fully saturated rings. The average Bonchev–Trinajstić information content (AvgIpc) is 2.41. The van der Waals surface area contributed by atoms with E-state index < -0.39 is 15.8 Å². The number of aliphatic hydroxyl groups excluding tert-OH is 1. The zero-order valence-corrected chi connectivity index (χ0v) is 11.7.